The standard InChI is InChI=1S/C5H5NS.C5H10O2/c7-5-3-1-2-4-6-5;1-2-3-4-5(6)7/h1-4H,(H,6,7);2-4H2,1H3,(H,6,7). The first-order valence-electron chi connectivity index (χ1n) is 4.52. The number of aromatic amines is 1. The molecule has 2 N–H and O–H groups in total. The fourth-order valence-corrected chi connectivity index (χ4v) is 0.851. The molecule has 0 saturated heterocycles. The molecule has 0 fully saturated rings. The van der Waals surface area contributed by atoms with Gasteiger partial charge in [0.15, 0.2) is 0 Å². The summed E-state index contributed by atoms with van der Waals surface area (Å²) in [5.74, 6) is -0.693. The van der Waals surface area contributed by atoms with Gasteiger partial charge < -0.3 is 10.1 Å². The van der Waals surface area contributed by atoms with Gasteiger partial charge in [0.1, 0.15) is 4.64 Å². The van der Waals surface area contributed by atoms with Gasteiger partial charge in [-0.3, -0.25) is 4.79 Å². The lowest BCUT2D eigenvalue weighted by atomic mass is 10.3. The van der Waals surface area contributed by atoms with Gasteiger partial charge in [-0.05, 0) is 18.6 Å². The van der Waals surface area contributed by atoms with Crippen LogP contribution in [0.2, 0.25) is 0 Å². The van der Waals surface area contributed by atoms with Gasteiger partial charge in [-0.1, -0.05) is 31.6 Å². The van der Waals surface area contributed by atoms with Gasteiger partial charge in [0, 0.05) is 12.6 Å². The monoisotopic (exact) mass is 213 g/mol. The molecule has 0 bridgehead atoms. The van der Waals surface area contributed by atoms with E-state index < -0.39 is 5.97 Å². The second-order valence-electron chi connectivity index (χ2n) is 2.72. The molecule has 14 heavy (non-hydrogen) atoms. The van der Waals surface area contributed by atoms with Crippen LogP contribution in [-0.4, -0.2) is 16.1 Å². The molecule has 0 aromatic carbocycles. The predicted octanol–water partition coefficient (Wildman–Crippen LogP) is 3.01. The van der Waals surface area contributed by atoms with Gasteiger partial charge in [0.2, 0.25) is 0 Å². The summed E-state index contributed by atoms with van der Waals surface area (Å²) in [6.45, 7) is 1.98. The van der Waals surface area contributed by atoms with Crippen molar-refractivity contribution < 1.29 is 9.90 Å². The first-order chi connectivity index (χ1) is 6.66. The van der Waals surface area contributed by atoms with Crippen LogP contribution in [-0.2, 0) is 4.79 Å². The van der Waals surface area contributed by atoms with Gasteiger partial charge >= 0.3 is 5.97 Å². The molecule has 0 aliphatic rings. The number of unbranched alkanes of at least 4 members (excludes halogenated alkanes) is 1. The number of aromatic nitrogens is 1. The number of aliphatic carboxylic acids is 1. The van der Waals surface area contributed by atoms with E-state index in [2.05, 4.69) is 4.98 Å². The summed E-state index contributed by atoms with van der Waals surface area (Å²) in [5, 5.41) is 8.04. The molecule has 0 aliphatic heterocycles. The van der Waals surface area contributed by atoms with Crippen molar-refractivity contribution >= 4 is 18.2 Å². The number of pyridine rings is 1. The molecule has 0 amide bonds. The van der Waals surface area contributed by atoms with Gasteiger partial charge in [0.05, 0.1) is 0 Å². The van der Waals surface area contributed by atoms with Crippen LogP contribution in [0, 0.1) is 4.64 Å². The Kier molecular flexibility index (Phi) is 7.74. The molecule has 1 heterocycles. The Labute approximate surface area is 88.8 Å². The summed E-state index contributed by atoms with van der Waals surface area (Å²) in [7, 11) is 0. The normalized spacial score (nSPS) is 8.64. The van der Waals surface area contributed by atoms with E-state index in [1.54, 1.807) is 0 Å². The van der Waals surface area contributed by atoms with Crippen LogP contribution in [0.1, 0.15) is 26.2 Å². The average Bonchev–Trinajstić information content (AvgIpc) is 2.17. The fraction of sp³-hybridized carbons (Fsp3) is 0.400. The highest BCUT2D eigenvalue weighted by molar-refractivity contribution is 7.71. The number of H-pyrrole nitrogens is 1. The minimum Gasteiger partial charge on any atom is -0.481 e. The molecule has 0 aliphatic carbocycles. The van der Waals surface area contributed by atoms with Gasteiger partial charge in [-0.15, -0.1) is 0 Å². The minimum absolute atomic E-state index is 0.316. The Morgan fingerprint density at radius 2 is 2.29 bits per heavy atom. The highest BCUT2D eigenvalue weighted by Gasteiger charge is 1.90. The lowest BCUT2D eigenvalue weighted by molar-refractivity contribution is -0.137. The van der Waals surface area contributed by atoms with E-state index in [4.69, 9.17) is 17.3 Å². The molecule has 78 valence electrons. The molecule has 3 nitrogen and oxygen atoms in total. The van der Waals surface area contributed by atoms with Crippen LogP contribution >= 0.6 is 12.2 Å². The molecule has 1 rings (SSSR count). The third kappa shape index (κ3) is 8.93. The van der Waals surface area contributed by atoms with Crippen LogP contribution in [0.25, 0.3) is 0 Å². The molecular formula is C10H15NO2S. The summed E-state index contributed by atoms with van der Waals surface area (Å²) >= 11 is 4.76. The molecule has 0 saturated carbocycles. The maximum atomic E-state index is 9.76. The molecule has 1 aromatic heterocycles. The quantitative estimate of drug-likeness (QED) is 0.759. The van der Waals surface area contributed by atoms with Crippen molar-refractivity contribution in [2.24, 2.45) is 0 Å². The highest BCUT2D eigenvalue weighted by atomic mass is 32.1. The van der Waals surface area contributed by atoms with Crippen molar-refractivity contribution in [3.8, 4) is 0 Å². The van der Waals surface area contributed by atoms with Crippen molar-refractivity contribution in [1.29, 1.82) is 0 Å². The molecule has 4 heteroatoms. The number of carboxylic acids is 1. The van der Waals surface area contributed by atoms with Crippen molar-refractivity contribution in [2.45, 2.75) is 26.2 Å². The zero-order valence-corrected chi connectivity index (χ0v) is 9.01. The number of nitrogens with one attached hydrogen (secondary N) is 1. The summed E-state index contributed by atoms with van der Waals surface area (Å²) in [4.78, 5) is 12.6. The van der Waals surface area contributed by atoms with E-state index in [-0.39, 0.29) is 0 Å². The summed E-state index contributed by atoms with van der Waals surface area (Å²) < 4.78 is 0.780. The van der Waals surface area contributed by atoms with E-state index >= 15 is 0 Å². The van der Waals surface area contributed by atoms with Crippen LogP contribution in [0.5, 0.6) is 0 Å². The maximum absolute atomic E-state index is 9.76. The van der Waals surface area contributed by atoms with Crippen LogP contribution in [0.3, 0.4) is 0 Å². The Morgan fingerprint density at radius 1 is 1.57 bits per heavy atom. The predicted molar refractivity (Wildman–Crippen MR) is 58.8 cm³/mol. The van der Waals surface area contributed by atoms with E-state index in [9.17, 15) is 4.79 Å². The third-order valence-electron chi connectivity index (χ3n) is 1.42. The molecule has 0 atom stereocenters. The SMILES string of the molecule is CCCCC(=O)O.S=c1cccc[nH]1. The zero-order valence-electron chi connectivity index (χ0n) is 8.19. The van der Waals surface area contributed by atoms with Crippen LogP contribution < -0.4 is 0 Å². The smallest absolute Gasteiger partial charge is 0.303 e. The molecular weight excluding hydrogens is 198 g/mol. The maximum Gasteiger partial charge on any atom is 0.303 e. The number of hydrogen-bond acceptors (Lipinski definition) is 2. The third-order valence-corrected chi connectivity index (χ3v) is 1.68. The zero-order chi connectivity index (χ0) is 10.8. The van der Waals surface area contributed by atoms with E-state index in [0.29, 0.717) is 6.42 Å². The topological polar surface area (TPSA) is 53.1 Å². The Morgan fingerprint density at radius 3 is 2.50 bits per heavy atom. The minimum atomic E-state index is -0.693. The summed E-state index contributed by atoms with van der Waals surface area (Å²) in [5.41, 5.74) is 0. The second kappa shape index (κ2) is 8.44. The van der Waals surface area contributed by atoms with E-state index in [1.807, 2.05) is 31.3 Å². The van der Waals surface area contributed by atoms with E-state index in [0.717, 1.165) is 17.5 Å². The van der Waals surface area contributed by atoms with Crippen LogP contribution in [0.4, 0.5) is 0 Å². The Hall–Kier alpha value is -1.16. The first-order valence-corrected chi connectivity index (χ1v) is 4.93. The number of hydrogen-bond donors (Lipinski definition) is 2. The second-order valence-corrected chi connectivity index (χ2v) is 3.16. The number of carbonyl (C=O) groups is 1. The number of rotatable bonds is 3. The van der Waals surface area contributed by atoms with Crippen molar-refractivity contribution in [2.75, 3.05) is 0 Å². The summed E-state index contributed by atoms with van der Waals surface area (Å²) in [6, 6.07) is 5.64. The molecule has 0 unspecified atom stereocenters. The summed E-state index contributed by atoms with van der Waals surface area (Å²) in [6.07, 6.45) is 3.89. The highest BCUT2D eigenvalue weighted by Crippen LogP contribution is 1.91. The van der Waals surface area contributed by atoms with E-state index in [1.165, 1.54) is 0 Å². The number of carboxylic acid groups (broad SMARTS) is 1. The van der Waals surface area contributed by atoms with Gasteiger partial charge in [0.25, 0.3) is 0 Å². The Bertz CT molecular complexity index is 291. The largest absolute Gasteiger partial charge is 0.481 e. The Balaban J connectivity index is 0.000000241. The molecule has 1 aromatic rings. The molecule has 0 radical (unpaired) electrons. The van der Waals surface area contributed by atoms with Crippen LogP contribution in [0.15, 0.2) is 24.4 Å². The lowest BCUT2D eigenvalue weighted by Gasteiger charge is -1.85. The van der Waals surface area contributed by atoms with Crippen molar-refractivity contribution in [3.05, 3.63) is 29.0 Å². The van der Waals surface area contributed by atoms with Gasteiger partial charge in [-0.2, -0.15) is 0 Å². The molecule has 0 spiro atoms. The van der Waals surface area contributed by atoms with Crippen molar-refractivity contribution in [1.82, 2.24) is 4.98 Å². The fourth-order valence-electron chi connectivity index (χ4n) is 0.705. The first kappa shape index (κ1) is 12.8. The van der Waals surface area contributed by atoms with Crippen molar-refractivity contribution in [3.63, 3.8) is 0 Å². The average molecular weight is 213 g/mol. The van der Waals surface area contributed by atoms with Gasteiger partial charge in [-0.25, -0.2) is 0 Å². The lowest BCUT2D eigenvalue weighted by Crippen LogP contribution is -1.91.